The highest BCUT2D eigenvalue weighted by atomic mass is 16.5. The minimum absolute atomic E-state index is 0.276. The molecule has 3 fully saturated rings. The molecular weight excluding hydrogens is 330 g/mol. The van der Waals surface area contributed by atoms with Gasteiger partial charge in [-0.05, 0) is 37.8 Å². The van der Waals surface area contributed by atoms with E-state index in [9.17, 15) is 4.79 Å². The molecule has 2 aliphatic heterocycles. The largest absolute Gasteiger partial charge is 0.379 e. The number of nitrogens with zero attached hydrogens (tertiary/aromatic N) is 5. The number of anilines is 1. The smallest absolute Gasteiger partial charge is 0.236 e. The Hall–Kier alpha value is -1.73. The van der Waals surface area contributed by atoms with Crippen LogP contribution in [-0.4, -0.2) is 84.9 Å². The summed E-state index contributed by atoms with van der Waals surface area (Å²) in [7, 11) is 2.12. The van der Waals surface area contributed by atoms with Crippen LogP contribution in [0.1, 0.15) is 18.5 Å². The molecule has 3 aliphatic rings. The van der Waals surface area contributed by atoms with Gasteiger partial charge in [-0.25, -0.2) is 0 Å². The van der Waals surface area contributed by atoms with E-state index in [0.29, 0.717) is 24.4 Å². The molecule has 4 rings (SSSR count). The number of ether oxygens (including phenoxy) is 1. The van der Waals surface area contributed by atoms with Crippen molar-refractivity contribution < 1.29 is 9.53 Å². The van der Waals surface area contributed by atoms with Crippen LogP contribution in [0.3, 0.4) is 0 Å². The lowest BCUT2D eigenvalue weighted by molar-refractivity contribution is -0.132. The molecular formula is C19H29N5O2. The van der Waals surface area contributed by atoms with E-state index < -0.39 is 0 Å². The third kappa shape index (κ3) is 3.55. The molecule has 26 heavy (non-hydrogen) atoms. The number of likely N-dealkylation sites (tertiary alicyclic amines) is 1. The zero-order valence-corrected chi connectivity index (χ0v) is 15.8. The Kier molecular flexibility index (Phi) is 5.09. The van der Waals surface area contributed by atoms with Gasteiger partial charge in [0, 0.05) is 45.2 Å². The predicted octanol–water partition coefficient (Wildman–Crippen LogP) is 0.790. The maximum absolute atomic E-state index is 12.7. The van der Waals surface area contributed by atoms with Crippen molar-refractivity contribution in [3.63, 3.8) is 0 Å². The number of carbonyl (C=O) groups excluding carboxylic acids is 1. The highest BCUT2D eigenvalue weighted by Crippen LogP contribution is 2.41. The van der Waals surface area contributed by atoms with E-state index in [4.69, 9.17) is 4.74 Å². The molecule has 1 aromatic heterocycles. The van der Waals surface area contributed by atoms with E-state index in [2.05, 4.69) is 31.9 Å². The van der Waals surface area contributed by atoms with Crippen molar-refractivity contribution in [2.45, 2.75) is 25.8 Å². The second-order valence-corrected chi connectivity index (χ2v) is 7.90. The highest BCUT2D eigenvalue weighted by Gasteiger charge is 2.45. The number of rotatable bonds is 4. The van der Waals surface area contributed by atoms with Crippen molar-refractivity contribution in [2.24, 2.45) is 11.8 Å². The van der Waals surface area contributed by atoms with Gasteiger partial charge in [0.25, 0.3) is 0 Å². The number of amides is 1. The van der Waals surface area contributed by atoms with Crippen molar-refractivity contribution in [1.29, 1.82) is 0 Å². The van der Waals surface area contributed by atoms with Crippen LogP contribution in [0.25, 0.3) is 0 Å². The summed E-state index contributed by atoms with van der Waals surface area (Å²) in [6.07, 6.45) is 2.37. The summed E-state index contributed by atoms with van der Waals surface area (Å²) in [4.78, 5) is 19.3. The fourth-order valence-electron chi connectivity index (χ4n) is 4.72. The molecule has 0 aromatic carbocycles. The summed E-state index contributed by atoms with van der Waals surface area (Å²) in [5.74, 6) is 2.36. The van der Waals surface area contributed by atoms with E-state index in [1.807, 2.05) is 19.1 Å². The minimum atomic E-state index is 0.276. The molecule has 1 amide bonds. The zero-order valence-electron chi connectivity index (χ0n) is 15.8. The molecule has 2 saturated heterocycles. The van der Waals surface area contributed by atoms with Crippen LogP contribution >= 0.6 is 0 Å². The van der Waals surface area contributed by atoms with Crippen LogP contribution in [0.15, 0.2) is 12.1 Å². The Morgan fingerprint density at radius 2 is 2.04 bits per heavy atom. The summed E-state index contributed by atoms with van der Waals surface area (Å²) in [6.45, 7) is 7.49. The number of hydrogen-bond donors (Lipinski definition) is 0. The van der Waals surface area contributed by atoms with E-state index in [1.54, 1.807) is 0 Å². The summed E-state index contributed by atoms with van der Waals surface area (Å²) < 4.78 is 5.37. The summed E-state index contributed by atoms with van der Waals surface area (Å²) in [6, 6.07) is 4.50. The minimum Gasteiger partial charge on any atom is -0.379 e. The molecule has 1 aliphatic carbocycles. The van der Waals surface area contributed by atoms with Crippen LogP contribution in [0.2, 0.25) is 0 Å². The molecule has 0 bridgehead atoms. The van der Waals surface area contributed by atoms with Gasteiger partial charge in [0.05, 0.1) is 25.5 Å². The van der Waals surface area contributed by atoms with Crippen molar-refractivity contribution in [3.05, 3.63) is 17.8 Å². The summed E-state index contributed by atoms with van der Waals surface area (Å²) in [5.41, 5.74) is 0.937. The number of aryl methyl sites for hydroxylation is 1. The van der Waals surface area contributed by atoms with Gasteiger partial charge in [0.2, 0.25) is 5.91 Å². The average molecular weight is 359 g/mol. The van der Waals surface area contributed by atoms with Crippen LogP contribution in [0.5, 0.6) is 0 Å². The van der Waals surface area contributed by atoms with Gasteiger partial charge in [-0.3, -0.25) is 9.69 Å². The molecule has 0 N–H and O–H groups in total. The Balaban J connectivity index is 1.37. The molecule has 1 aromatic rings. The van der Waals surface area contributed by atoms with Crippen LogP contribution in [0, 0.1) is 18.8 Å². The molecule has 7 heteroatoms. The van der Waals surface area contributed by atoms with Gasteiger partial charge in [0.15, 0.2) is 5.82 Å². The maximum atomic E-state index is 12.7. The molecule has 0 unspecified atom stereocenters. The molecule has 7 nitrogen and oxygen atoms in total. The number of aromatic nitrogens is 2. The van der Waals surface area contributed by atoms with Crippen LogP contribution in [-0.2, 0) is 9.53 Å². The van der Waals surface area contributed by atoms with Crippen molar-refractivity contribution in [3.8, 4) is 0 Å². The van der Waals surface area contributed by atoms with E-state index in [-0.39, 0.29) is 5.91 Å². The average Bonchev–Trinajstić information content (AvgIpc) is 3.23. The lowest BCUT2D eigenvalue weighted by atomic mass is 9.97. The second kappa shape index (κ2) is 7.48. The fourth-order valence-corrected chi connectivity index (χ4v) is 4.72. The van der Waals surface area contributed by atoms with Crippen molar-refractivity contribution in [2.75, 3.05) is 57.9 Å². The maximum Gasteiger partial charge on any atom is 0.236 e. The van der Waals surface area contributed by atoms with E-state index in [0.717, 1.165) is 50.9 Å². The van der Waals surface area contributed by atoms with Crippen molar-refractivity contribution in [1.82, 2.24) is 20.0 Å². The Labute approximate surface area is 155 Å². The third-order valence-electron chi connectivity index (χ3n) is 6.28. The first kappa shape index (κ1) is 17.7. The topological polar surface area (TPSA) is 61.8 Å². The molecule has 1 saturated carbocycles. The first-order chi connectivity index (χ1) is 12.6. The van der Waals surface area contributed by atoms with Gasteiger partial charge in [-0.1, -0.05) is 0 Å². The molecule has 142 valence electrons. The molecule has 0 radical (unpaired) electrons. The number of morpholine rings is 1. The number of hydrogen-bond acceptors (Lipinski definition) is 6. The van der Waals surface area contributed by atoms with Gasteiger partial charge >= 0.3 is 0 Å². The summed E-state index contributed by atoms with van der Waals surface area (Å²) >= 11 is 0. The van der Waals surface area contributed by atoms with Gasteiger partial charge < -0.3 is 14.5 Å². The zero-order chi connectivity index (χ0) is 18.1. The Bertz CT molecular complexity index is 631. The van der Waals surface area contributed by atoms with Crippen LogP contribution in [0.4, 0.5) is 5.82 Å². The SMILES string of the molecule is Cc1ccc(N(C)[C@@H]2CC[C@@H]3CN(C(=O)CN4CCOCC4)C[C@@H]32)nn1. The highest BCUT2D eigenvalue weighted by molar-refractivity contribution is 5.78. The van der Waals surface area contributed by atoms with Crippen molar-refractivity contribution >= 4 is 11.7 Å². The van der Waals surface area contributed by atoms with Gasteiger partial charge in [0.1, 0.15) is 0 Å². The first-order valence-electron chi connectivity index (χ1n) is 9.73. The van der Waals surface area contributed by atoms with E-state index >= 15 is 0 Å². The lowest BCUT2D eigenvalue weighted by Gasteiger charge is -2.31. The Morgan fingerprint density at radius 1 is 1.23 bits per heavy atom. The second-order valence-electron chi connectivity index (χ2n) is 7.90. The van der Waals surface area contributed by atoms with Crippen LogP contribution < -0.4 is 4.90 Å². The summed E-state index contributed by atoms with van der Waals surface area (Å²) in [5, 5.41) is 8.54. The monoisotopic (exact) mass is 359 g/mol. The standard InChI is InChI=1S/C19H29N5O2/c1-14-3-6-18(21-20-14)22(2)17-5-4-15-11-24(12-16(15)17)19(25)13-23-7-9-26-10-8-23/h3,6,15-17H,4-5,7-13H2,1-2H3/t15-,16+,17-/m1/s1. The Morgan fingerprint density at radius 3 is 2.77 bits per heavy atom. The molecule has 3 atom stereocenters. The van der Waals surface area contributed by atoms with Gasteiger partial charge in [-0.2, -0.15) is 5.10 Å². The number of fused-ring (bicyclic) bond motifs is 1. The quantitative estimate of drug-likeness (QED) is 0.792. The first-order valence-corrected chi connectivity index (χ1v) is 9.73. The fraction of sp³-hybridized carbons (Fsp3) is 0.737. The normalized spacial score (nSPS) is 29.0. The van der Waals surface area contributed by atoms with Gasteiger partial charge in [-0.15, -0.1) is 5.10 Å². The van der Waals surface area contributed by atoms with E-state index in [1.165, 1.54) is 12.8 Å². The molecule has 3 heterocycles. The predicted molar refractivity (Wildman–Crippen MR) is 99.0 cm³/mol. The third-order valence-corrected chi connectivity index (χ3v) is 6.28. The number of carbonyl (C=O) groups is 1. The lowest BCUT2D eigenvalue weighted by Crippen LogP contribution is -2.45. The molecule has 0 spiro atoms.